The van der Waals surface area contributed by atoms with Gasteiger partial charge in [0.2, 0.25) is 8.03 Å². The number of rotatable bonds is 9. The lowest BCUT2D eigenvalue weighted by Gasteiger charge is -2.03. The highest BCUT2D eigenvalue weighted by molar-refractivity contribution is 7.39. The lowest BCUT2D eigenvalue weighted by molar-refractivity contribution is -0.108. The van der Waals surface area contributed by atoms with E-state index < -0.39 is 8.03 Å². The summed E-state index contributed by atoms with van der Waals surface area (Å²) in [7, 11) is -2.14. The van der Waals surface area contributed by atoms with E-state index >= 15 is 0 Å². The van der Waals surface area contributed by atoms with Crippen LogP contribution in [0.15, 0.2) is 0 Å². The average molecular weight is 208 g/mol. The predicted octanol–water partition coefficient (Wildman–Crippen LogP) is -1.03. The van der Waals surface area contributed by atoms with Crippen molar-refractivity contribution in [2.45, 2.75) is 0 Å². The maximum atomic E-state index is 10.9. The molecule has 1 unspecified atom stereocenters. The quantitative estimate of drug-likeness (QED) is 0.218. The van der Waals surface area contributed by atoms with E-state index in [2.05, 4.69) is 10.6 Å². The van der Waals surface area contributed by atoms with Gasteiger partial charge in [0, 0.05) is 0 Å². The van der Waals surface area contributed by atoms with Gasteiger partial charge in [0.1, 0.15) is 19.3 Å². The molecule has 0 aliphatic carbocycles. The summed E-state index contributed by atoms with van der Waals surface area (Å²) in [6.45, 7) is 0.428. The topological polar surface area (TPSA) is 84.5 Å². The summed E-state index contributed by atoms with van der Waals surface area (Å²) in [4.78, 5) is 19.7. The molecule has 0 aliphatic heterocycles. The largest absolute Gasteiger partial charge is 0.314 e. The average Bonchev–Trinajstić information content (AvgIpc) is 2.13. The van der Waals surface area contributed by atoms with Crippen LogP contribution < -0.4 is 10.6 Å². The molecule has 0 aliphatic rings. The van der Waals surface area contributed by atoms with Gasteiger partial charge in [0.05, 0.1) is 19.4 Å². The maximum absolute atomic E-state index is 10.9. The lowest BCUT2D eigenvalue weighted by atomic mass is 10.7. The van der Waals surface area contributed by atoms with Crippen LogP contribution in [0.3, 0.4) is 0 Å². The second-order valence-corrected chi connectivity index (χ2v) is 3.47. The third-order valence-electron chi connectivity index (χ3n) is 1.06. The Hall–Kier alpha value is -0.550. The Bertz CT molecular complexity index is 176. The van der Waals surface area contributed by atoms with Gasteiger partial charge >= 0.3 is 0 Å². The molecule has 0 fully saturated rings. The van der Waals surface area contributed by atoms with Gasteiger partial charge in [-0.3, -0.25) is 9.88 Å². The molecule has 7 heteroatoms. The number of aldehydes is 2. The van der Waals surface area contributed by atoms with Crippen LogP contribution in [0.2, 0.25) is 0 Å². The molecule has 0 aromatic heterocycles. The van der Waals surface area contributed by atoms with E-state index in [0.717, 1.165) is 0 Å². The molecule has 6 nitrogen and oxygen atoms in total. The number of hydrogen-bond donors (Lipinski definition) is 2. The molecule has 0 spiro atoms. The zero-order chi connectivity index (χ0) is 9.94. The van der Waals surface area contributed by atoms with Gasteiger partial charge in [-0.05, 0) is 0 Å². The van der Waals surface area contributed by atoms with E-state index in [4.69, 9.17) is 4.52 Å². The summed E-state index contributed by atoms with van der Waals surface area (Å²) in [6, 6.07) is 0. The maximum Gasteiger partial charge on any atom is 0.206 e. The van der Waals surface area contributed by atoms with Crippen molar-refractivity contribution in [2.75, 3.05) is 26.1 Å². The van der Waals surface area contributed by atoms with Crippen molar-refractivity contribution in [3.05, 3.63) is 0 Å². The minimum Gasteiger partial charge on any atom is -0.314 e. The Morgan fingerprint density at radius 3 is 2.38 bits per heavy atom. The van der Waals surface area contributed by atoms with E-state index in [-0.39, 0.29) is 26.1 Å². The van der Waals surface area contributed by atoms with Crippen molar-refractivity contribution in [3.63, 3.8) is 0 Å². The fourth-order valence-corrected chi connectivity index (χ4v) is 1.25. The van der Waals surface area contributed by atoms with Crippen molar-refractivity contribution in [1.29, 1.82) is 0 Å². The van der Waals surface area contributed by atoms with Gasteiger partial charge in [-0.15, -0.1) is 0 Å². The second kappa shape index (κ2) is 9.54. The minimum atomic E-state index is -2.14. The third kappa shape index (κ3) is 9.36. The highest BCUT2D eigenvalue weighted by atomic mass is 31.1. The van der Waals surface area contributed by atoms with E-state index in [1.54, 1.807) is 0 Å². The van der Waals surface area contributed by atoms with Crippen LogP contribution in [0.25, 0.3) is 0 Å². The van der Waals surface area contributed by atoms with Crippen LogP contribution in [-0.2, 0) is 18.7 Å². The van der Waals surface area contributed by atoms with Crippen LogP contribution in [0.1, 0.15) is 0 Å². The summed E-state index contributed by atoms with van der Waals surface area (Å²) in [5.74, 6) is 0. The Morgan fingerprint density at radius 1 is 1.15 bits per heavy atom. The first kappa shape index (κ1) is 12.4. The summed E-state index contributed by atoms with van der Waals surface area (Å²) < 4.78 is 15.7. The van der Waals surface area contributed by atoms with E-state index in [0.29, 0.717) is 12.6 Å². The van der Waals surface area contributed by atoms with Crippen LogP contribution in [0, 0.1) is 0 Å². The van der Waals surface area contributed by atoms with Gasteiger partial charge in [0.25, 0.3) is 0 Å². The Kier molecular flexibility index (Phi) is 9.13. The standard InChI is InChI=1S/C6H13N2O4P/c9-3-1-7-5-12-13(11)6-8-2-4-10/h3-4,7-8,13H,1-2,5-6H2. The van der Waals surface area contributed by atoms with Gasteiger partial charge < -0.3 is 19.4 Å². The van der Waals surface area contributed by atoms with Crippen molar-refractivity contribution in [2.24, 2.45) is 0 Å². The first-order valence-electron chi connectivity index (χ1n) is 3.75. The molecule has 1 atom stereocenters. The highest BCUT2D eigenvalue weighted by Crippen LogP contribution is 2.17. The van der Waals surface area contributed by atoms with Gasteiger partial charge in [0.15, 0.2) is 0 Å². The molecule has 13 heavy (non-hydrogen) atoms. The number of carbonyl (C=O) groups excluding carboxylic acids is 2. The van der Waals surface area contributed by atoms with Crippen molar-refractivity contribution >= 4 is 20.6 Å². The molecule has 0 heterocycles. The molecule has 2 N–H and O–H groups in total. The molecule has 76 valence electrons. The normalized spacial score (nSPS) is 12.3. The molecule has 0 saturated heterocycles. The van der Waals surface area contributed by atoms with Crippen molar-refractivity contribution in [3.8, 4) is 0 Å². The Labute approximate surface area is 76.9 Å². The molecule has 0 bridgehead atoms. The Morgan fingerprint density at radius 2 is 1.77 bits per heavy atom. The molecule has 0 saturated carbocycles. The zero-order valence-corrected chi connectivity index (χ0v) is 8.12. The summed E-state index contributed by atoms with van der Waals surface area (Å²) in [5.41, 5.74) is 0. The van der Waals surface area contributed by atoms with Crippen LogP contribution >= 0.6 is 8.03 Å². The fraction of sp³-hybridized carbons (Fsp3) is 0.667. The lowest BCUT2D eigenvalue weighted by Crippen LogP contribution is -2.20. The zero-order valence-electron chi connectivity index (χ0n) is 7.12. The monoisotopic (exact) mass is 208 g/mol. The van der Waals surface area contributed by atoms with E-state index in [9.17, 15) is 14.2 Å². The number of nitrogens with one attached hydrogen (secondary N) is 2. The van der Waals surface area contributed by atoms with Gasteiger partial charge in [-0.2, -0.15) is 0 Å². The third-order valence-corrected chi connectivity index (χ3v) is 2.06. The second-order valence-electron chi connectivity index (χ2n) is 2.08. The first-order valence-corrected chi connectivity index (χ1v) is 5.28. The molecule has 0 aromatic carbocycles. The fourth-order valence-electron chi connectivity index (χ4n) is 0.534. The Balaban J connectivity index is 3.19. The molecule has 0 aromatic rings. The number of hydrogen-bond acceptors (Lipinski definition) is 6. The molecule has 0 radical (unpaired) electrons. The molecular weight excluding hydrogens is 195 g/mol. The summed E-state index contributed by atoms with van der Waals surface area (Å²) in [6.07, 6.45) is 1.54. The highest BCUT2D eigenvalue weighted by Gasteiger charge is 1.96. The number of carbonyl (C=O) groups is 2. The van der Waals surface area contributed by atoms with Gasteiger partial charge in [-0.25, -0.2) is 0 Å². The van der Waals surface area contributed by atoms with E-state index in [1.807, 2.05) is 0 Å². The van der Waals surface area contributed by atoms with Crippen molar-refractivity contribution < 1.29 is 18.7 Å². The molecule has 0 rings (SSSR count). The summed E-state index contributed by atoms with van der Waals surface area (Å²) in [5, 5.41) is 5.21. The predicted molar refractivity (Wildman–Crippen MR) is 48.0 cm³/mol. The van der Waals surface area contributed by atoms with Crippen LogP contribution in [0.5, 0.6) is 0 Å². The SMILES string of the molecule is O=CCNCO[PH](=O)CNCC=O. The molecular formula is C6H13N2O4P. The minimum absolute atomic E-state index is 0.0826. The summed E-state index contributed by atoms with van der Waals surface area (Å²) >= 11 is 0. The van der Waals surface area contributed by atoms with Crippen LogP contribution in [-0.4, -0.2) is 38.7 Å². The molecule has 0 amide bonds. The van der Waals surface area contributed by atoms with Crippen LogP contribution in [0.4, 0.5) is 0 Å². The van der Waals surface area contributed by atoms with Crippen molar-refractivity contribution in [1.82, 2.24) is 10.6 Å². The van der Waals surface area contributed by atoms with E-state index in [1.165, 1.54) is 0 Å². The first-order chi connectivity index (χ1) is 6.31. The smallest absolute Gasteiger partial charge is 0.206 e. The van der Waals surface area contributed by atoms with Gasteiger partial charge in [-0.1, -0.05) is 0 Å².